The Morgan fingerprint density at radius 2 is 1.83 bits per heavy atom. The van der Waals surface area contributed by atoms with Crippen LogP contribution in [0.4, 0.5) is 5.82 Å². The van der Waals surface area contributed by atoms with Crippen molar-refractivity contribution in [3.63, 3.8) is 0 Å². The summed E-state index contributed by atoms with van der Waals surface area (Å²) >= 11 is 0. The van der Waals surface area contributed by atoms with Crippen LogP contribution in [0.25, 0.3) is 11.3 Å². The molecule has 0 aliphatic carbocycles. The number of anilines is 1. The molecular formula is C15H21N3. The lowest BCUT2D eigenvalue weighted by molar-refractivity contribution is 0.637. The van der Waals surface area contributed by atoms with Gasteiger partial charge in [-0.25, -0.2) is 4.98 Å². The lowest BCUT2D eigenvalue weighted by atomic mass is 10.1. The molecule has 0 saturated heterocycles. The van der Waals surface area contributed by atoms with Gasteiger partial charge in [-0.2, -0.15) is 0 Å². The van der Waals surface area contributed by atoms with Crippen molar-refractivity contribution in [3.05, 3.63) is 36.2 Å². The van der Waals surface area contributed by atoms with Crippen LogP contribution in [0.5, 0.6) is 0 Å². The normalized spacial score (nSPS) is 10.8. The Morgan fingerprint density at radius 1 is 1.11 bits per heavy atom. The molecule has 1 heterocycles. The molecule has 0 fully saturated rings. The van der Waals surface area contributed by atoms with Gasteiger partial charge in [0.1, 0.15) is 17.3 Å². The summed E-state index contributed by atoms with van der Waals surface area (Å²) in [6.07, 6.45) is 3.15. The van der Waals surface area contributed by atoms with Crippen molar-refractivity contribution in [3.8, 4) is 11.3 Å². The monoisotopic (exact) mass is 243 g/mol. The molecule has 0 spiro atoms. The molecule has 2 N–H and O–H groups in total. The largest absolute Gasteiger partial charge is 0.383 e. The smallest absolute Gasteiger partial charge is 0.131 e. The van der Waals surface area contributed by atoms with Crippen molar-refractivity contribution in [1.29, 1.82) is 0 Å². The van der Waals surface area contributed by atoms with Gasteiger partial charge in [-0.1, -0.05) is 44.2 Å². The minimum absolute atomic E-state index is 0.798. The number of nitrogens with zero attached hydrogens (tertiary/aromatic N) is 2. The number of aromatic nitrogens is 2. The summed E-state index contributed by atoms with van der Waals surface area (Å²) in [5.41, 5.74) is 8.28. The molecule has 3 heteroatoms. The number of nitrogen functional groups attached to an aromatic ring is 1. The number of imidazole rings is 1. The zero-order valence-corrected chi connectivity index (χ0v) is 11.2. The van der Waals surface area contributed by atoms with E-state index in [1.807, 2.05) is 18.2 Å². The second-order valence-electron chi connectivity index (χ2n) is 4.53. The number of benzene rings is 1. The third-order valence-corrected chi connectivity index (χ3v) is 3.05. The summed E-state index contributed by atoms with van der Waals surface area (Å²) < 4.78 is 2.16. The molecule has 96 valence electrons. The van der Waals surface area contributed by atoms with Gasteiger partial charge in [0.2, 0.25) is 0 Å². The standard InChI is InChI=1S/C15H21N3/c1-3-8-13-17-14(12-9-6-5-7-10-12)15(16)18(13)11-4-2/h5-7,9-10H,3-4,8,11,16H2,1-2H3. The van der Waals surface area contributed by atoms with E-state index < -0.39 is 0 Å². The minimum Gasteiger partial charge on any atom is -0.383 e. The second-order valence-corrected chi connectivity index (χ2v) is 4.53. The molecule has 3 nitrogen and oxygen atoms in total. The van der Waals surface area contributed by atoms with Gasteiger partial charge in [0.15, 0.2) is 0 Å². The van der Waals surface area contributed by atoms with E-state index in [1.54, 1.807) is 0 Å². The highest BCUT2D eigenvalue weighted by Gasteiger charge is 2.14. The molecule has 1 aromatic carbocycles. The Labute approximate surface area is 109 Å². The number of nitrogens with two attached hydrogens (primary N) is 1. The SMILES string of the molecule is CCCc1nc(-c2ccccc2)c(N)n1CCC. The van der Waals surface area contributed by atoms with Crippen molar-refractivity contribution >= 4 is 5.82 Å². The van der Waals surface area contributed by atoms with E-state index >= 15 is 0 Å². The van der Waals surface area contributed by atoms with Crippen molar-refractivity contribution in [2.45, 2.75) is 39.7 Å². The van der Waals surface area contributed by atoms with Crippen LogP contribution in [0.15, 0.2) is 30.3 Å². The molecule has 1 aromatic heterocycles. The molecule has 0 radical (unpaired) electrons. The van der Waals surface area contributed by atoms with Crippen LogP contribution in [0.2, 0.25) is 0 Å². The maximum absolute atomic E-state index is 6.25. The lowest BCUT2D eigenvalue weighted by Crippen LogP contribution is -2.06. The molecule has 0 saturated carbocycles. The average Bonchev–Trinajstić information content (AvgIpc) is 2.70. The molecule has 0 atom stereocenters. The first kappa shape index (κ1) is 12.7. The van der Waals surface area contributed by atoms with Gasteiger partial charge in [0.25, 0.3) is 0 Å². The molecule has 18 heavy (non-hydrogen) atoms. The summed E-state index contributed by atoms with van der Waals surface area (Å²) in [6, 6.07) is 10.2. The summed E-state index contributed by atoms with van der Waals surface area (Å²) in [7, 11) is 0. The van der Waals surface area contributed by atoms with Crippen LogP contribution < -0.4 is 5.73 Å². The van der Waals surface area contributed by atoms with Gasteiger partial charge >= 0.3 is 0 Å². The summed E-state index contributed by atoms with van der Waals surface area (Å²) in [5.74, 6) is 1.90. The van der Waals surface area contributed by atoms with E-state index in [-0.39, 0.29) is 0 Å². The molecular weight excluding hydrogens is 222 g/mol. The van der Waals surface area contributed by atoms with Gasteiger partial charge in [0.05, 0.1) is 0 Å². The lowest BCUT2D eigenvalue weighted by Gasteiger charge is -2.07. The zero-order valence-electron chi connectivity index (χ0n) is 11.2. The first-order valence-corrected chi connectivity index (χ1v) is 6.68. The topological polar surface area (TPSA) is 43.8 Å². The fourth-order valence-electron chi connectivity index (χ4n) is 2.21. The molecule has 2 rings (SSSR count). The van der Waals surface area contributed by atoms with Gasteiger partial charge in [-0.15, -0.1) is 0 Å². The second kappa shape index (κ2) is 5.71. The highest BCUT2D eigenvalue weighted by atomic mass is 15.1. The van der Waals surface area contributed by atoms with E-state index in [0.717, 1.165) is 48.7 Å². The van der Waals surface area contributed by atoms with E-state index in [9.17, 15) is 0 Å². The number of hydrogen-bond acceptors (Lipinski definition) is 2. The fourth-order valence-corrected chi connectivity index (χ4v) is 2.21. The van der Waals surface area contributed by atoms with Crippen LogP contribution >= 0.6 is 0 Å². The maximum atomic E-state index is 6.25. The number of rotatable bonds is 5. The maximum Gasteiger partial charge on any atom is 0.131 e. The van der Waals surface area contributed by atoms with Crippen molar-refractivity contribution in [1.82, 2.24) is 9.55 Å². The Kier molecular flexibility index (Phi) is 4.03. The Morgan fingerprint density at radius 3 is 2.44 bits per heavy atom. The predicted octanol–water partition coefficient (Wildman–Crippen LogP) is 3.49. The third-order valence-electron chi connectivity index (χ3n) is 3.05. The van der Waals surface area contributed by atoms with Crippen molar-refractivity contribution in [2.24, 2.45) is 0 Å². The van der Waals surface area contributed by atoms with Crippen molar-refractivity contribution < 1.29 is 0 Å². The Hall–Kier alpha value is -1.77. The highest BCUT2D eigenvalue weighted by Crippen LogP contribution is 2.26. The van der Waals surface area contributed by atoms with Gasteiger partial charge < -0.3 is 10.3 Å². The van der Waals surface area contributed by atoms with Crippen molar-refractivity contribution in [2.75, 3.05) is 5.73 Å². The van der Waals surface area contributed by atoms with Crippen LogP contribution in [-0.4, -0.2) is 9.55 Å². The molecule has 0 bridgehead atoms. The molecule has 0 unspecified atom stereocenters. The molecule has 2 aromatic rings. The average molecular weight is 243 g/mol. The van der Waals surface area contributed by atoms with Crippen LogP contribution in [-0.2, 0) is 13.0 Å². The summed E-state index contributed by atoms with van der Waals surface area (Å²) in [5, 5.41) is 0. The van der Waals surface area contributed by atoms with Crippen LogP contribution in [0, 0.1) is 0 Å². The van der Waals surface area contributed by atoms with E-state index in [2.05, 4.69) is 30.5 Å². The first-order chi connectivity index (χ1) is 8.77. The van der Waals surface area contributed by atoms with Gasteiger partial charge in [0, 0.05) is 18.5 Å². The summed E-state index contributed by atoms with van der Waals surface area (Å²) in [4.78, 5) is 4.73. The van der Waals surface area contributed by atoms with Gasteiger partial charge in [-0.3, -0.25) is 0 Å². The molecule has 0 aliphatic rings. The van der Waals surface area contributed by atoms with E-state index in [0.29, 0.717) is 0 Å². The summed E-state index contributed by atoms with van der Waals surface area (Å²) in [6.45, 7) is 5.28. The van der Waals surface area contributed by atoms with Crippen LogP contribution in [0.1, 0.15) is 32.5 Å². The molecule has 0 amide bonds. The van der Waals surface area contributed by atoms with E-state index in [1.165, 1.54) is 0 Å². The Balaban J connectivity index is 2.46. The zero-order chi connectivity index (χ0) is 13.0. The van der Waals surface area contributed by atoms with E-state index in [4.69, 9.17) is 10.7 Å². The number of hydrogen-bond donors (Lipinski definition) is 1. The Bertz CT molecular complexity index is 500. The minimum atomic E-state index is 0.798. The van der Waals surface area contributed by atoms with Gasteiger partial charge in [-0.05, 0) is 12.8 Å². The first-order valence-electron chi connectivity index (χ1n) is 6.68. The van der Waals surface area contributed by atoms with Crippen LogP contribution in [0.3, 0.4) is 0 Å². The fraction of sp³-hybridized carbons (Fsp3) is 0.400. The number of aryl methyl sites for hydroxylation is 1. The third kappa shape index (κ3) is 2.40. The molecule has 0 aliphatic heterocycles. The quantitative estimate of drug-likeness (QED) is 0.873. The highest BCUT2D eigenvalue weighted by molar-refractivity contribution is 5.70. The predicted molar refractivity (Wildman–Crippen MR) is 76.4 cm³/mol.